The smallest absolute Gasteiger partial charge is 0.142 e. The van der Waals surface area contributed by atoms with Crippen LogP contribution in [0, 0.1) is 18.3 Å². The molecule has 1 unspecified atom stereocenters. The summed E-state index contributed by atoms with van der Waals surface area (Å²) in [5, 5.41) is 8.91. The molecular weight excluding hydrogens is 178 g/mol. The van der Waals surface area contributed by atoms with E-state index in [1.807, 2.05) is 11.5 Å². The van der Waals surface area contributed by atoms with Crippen molar-refractivity contribution in [1.82, 2.24) is 9.55 Å². The maximum Gasteiger partial charge on any atom is 0.142 e. The number of aromatic nitrogens is 2. The highest BCUT2D eigenvalue weighted by atomic mass is 16.5. The average molecular weight is 191 g/mol. The van der Waals surface area contributed by atoms with Gasteiger partial charge < -0.3 is 9.30 Å². The molecule has 1 saturated heterocycles. The molecule has 2 rings (SSSR count). The first-order valence-corrected chi connectivity index (χ1v) is 4.84. The Morgan fingerprint density at radius 2 is 2.64 bits per heavy atom. The molecule has 0 aliphatic carbocycles. The summed E-state index contributed by atoms with van der Waals surface area (Å²) >= 11 is 0. The molecule has 0 saturated carbocycles. The summed E-state index contributed by atoms with van der Waals surface area (Å²) in [5.74, 6) is 0. The Labute approximate surface area is 83.1 Å². The van der Waals surface area contributed by atoms with Crippen LogP contribution < -0.4 is 0 Å². The van der Waals surface area contributed by atoms with Gasteiger partial charge in [0.1, 0.15) is 11.8 Å². The highest BCUT2D eigenvalue weighted by molar-refractivity contribution is 5.25. The van der Waals surface area contributed by atoms with Gasteiger partial charge in [-0.2, -0.15) is 5.26 Å². The van der Waals surface area contributed by atoms with Crippen LogP contribution in [0.25, 0.3) is 0 Å². The zero-order valence-electron chi connectivity index (χ0n) is 8.23. The third-order valence-corrected chi connectivity index (χ3v) is 2.55. The second kappa shape index (κ2) is 3.81. The maximum absolute atomic E-state index is 8.91. The second-order valence-electron chi connectivity index (χ2n) is 3.58. The van der Waals surface area contributed by atoms with Gasteiger partial charge in [0, 0.05) is 6.61 Å². The monoisotopic (exact) mass is 191 g/mol. The van der Waals surface area contributed by atoms with E-state index < -0.39 is 0 Å². The molecule has 74 valence electrons. The van der Waals surface area contributed by atoms with Crippen molar-refractivity contribution >= 4 is 0 Å². The predicted octanol–water partition coefficient (Wildman–Crippen LogP) is 1.24. The van der Waals surface area contributed by atoms with Gasteiger partial charge in [-0.05, 0) is 19.8 Å². The first-order valence-electron chi connectivity index (χ1n) is 4.84. The van der Waals surface area contributed by atoms with Gasteiger partial charge in [0.2, 0.25) is 0 Å². The van der Waals surface area contributed by atoms with E-state index in [4.69, 9.17) is 10.00 Å². The molecular formula is C10H13N3O. The van der Waals surface area contributed by atoms with Gasteiger partial charge in [0.05, 0.1) is 24.7 Å². The van der Waals surface area contributed by atoms with E-state index in [9.17, 15) is 0 Å². The van der Waals surface area contributed by atoms with Crippen molar-refractivity contribution in [1.29, 1.82) is 5.26 Å². The van der Waals surface area contributed by atoms with Gasteiger partial charge >= 0.3 is 0 Å². The van der Waals surface area contributed by atoms with E-state index in [0.29, 0.717) is 5.69 Å². The molecule has 0 N–H and O–H groups in total. The van der Waals surface area contributed by atoms with Crippen LogP contribution in [0.2, 0.25) is 0 Å². The topological polar surface area (TPSA) is 50.8 Å². The quantitative estimate of drug-likeness (QED) is 0.706. The van der Waals surface area contributed by atoms with Gasteiger partial charge in [-0.3, -0.25) is 0 Å². The van der Waals surface area contributed by atoms with Crippen LogP contribution in [0.3, 0.4) is 0 Å². The Kier molecular flexibility index (Phi) is 2.51. The van der Waals surface area contributed by atoms with E-state index in [1.54, 1.807) is 6.33 Å². The number of hydrogen-bond acceptors (Lipinski definition) is 3. The minimum atomic E-state index is 0.260. The first-order chi connectivity index (χ1) is 6.81. The molecule has 4 nitrogen and oxygen atoms in total. The van der Waals surface area contributed by atoms with Crippen LogP contribution in [0.4, 0.5) is 0 Å². The van der Waals surface area contributed by atoms with E-state index in [2.05, 4.69) is 11.1 Å². The predicted molar refractivity (Wildman–Crippen MR) is 50.7 cm³/mol. The maximum atomic E-state index is 8.91. The Hall–Kier alpha value is -1.34. The number of ether oxygens (including phenoxy) is 1. The Balaban J connectivity index is 2.12. The van der Waals surface area contributed by atoms with Gasteiger partial charge in [-0.25, -0.2) is 4.98 Å². The molecule has 14 heavy (non-hydrogen) atoms. The van der Waals surface area contributed by atoms with Gasteiger partial charge in [0.25, 0.3) is 0 Å². The summed E-state index contributed by atoms with van der Waals surface area (Å²) in [6.07, 6.45) is 4.19. The van der Waals surface area contributed by atoms with Crippen molar-refractivity contribution < 1.29 is 4.74 Å². The number of imidazole rings is 1. The largest absolute Gasteiger partial charge is 0.376 e. The second-order valence-corrected chi connectivity index (χ2v) is 3.58. The van der Waals surface area contributed by atoms with Gasteiger partial charge in [0.15, 0.2) is 0 Å². The Morgan fingerprint density at radius 1 is 1.79 bits per heavy atom. The highest BCUT2D eigenvalue weighted by Gasteiger charge is 2.17. The molecule has 1 aromatic heterocycles. The van der Waals surface area contributed by atoms with Crippen molar-refractivity contribution in [2.24, 2.45) is 0 Å². The van der Waals surface area contributed by atoms with Crippen molar-refractivity contribution in [2.75, 3.05) is 6.61 Å². The fourth-order valence-electron chi connectivity index (χ4n) is 1.77. The number of hydrogen-bond donors (Lipinski definition) is 0. The summed E-state index contributed by atoms with van der Waals surface area (Å²) in [6.45, 7) is 3.45. The zero-order chi connectivity index (χ0) is 9.97. The molecule has 1 aliphatic rings. The molecule has 1 aromatic rings. The normalized spacial score (nSPS) is 21.0. The first kappa shape index (κ1) is 9.22. The van der Waals surface area contributed by atoms with E-state index in [0.717, 1.165) is 31.7 Å². The molecule has 1 atom stereocenters. The molecule has 0 spiro atoms. The zero-order valence-corrected chi connectivity index (χ0v) is 8.23. The third kappa shape index (κ3) is 1.64. The molecule has 1 fully saturated rings. The average Bonchev–Trinajstić information content (AvgIpc) is 2.77. The van der Waals surface area contributed by atoms with Crippen molar-refractivity contribution in [3.8, 4) is 6.07 Å². The van der Waals surface area contributed by atoms with Crippen LogP contribution in [0.1, 0.15) is 24.2 Å². The number of nitrogens with zero attached hydrogens (tertiary/aromatic N) is 3. The van der Waals surface area contributed by atoms with Crippen LogP contribution in [0.15, 0.2) is 6.33 Å². The Morgan fingerprint density at radius 3 is 3.29 bits per heavy atom. The van der Waals surface area contributed by atoms with E-state index >= 15 is 0 Å². The standard InChI is InChI=1S/C10H13N3O/c1-8-10(5-11)13(7-12-8)6-9-3-2-4-14-9/h7,9H,2-4,6H2,1H3. The van der Waals surface area contributed by atoms with Crippen molar-refractivity contribution in [3.63, 3.8) is 0 Å². The number of aryl methyl sites for hydroxylation is 1. The number of rotatable bonds is 2. The fourth-order valence-corrected chi connectivity index (χ4v) is 1.77. The Bertz CT molecular complexity index is 358. The molecule has 0 bridgehead atoms. The van der Waals surface area contributed by atoms with Crippen LogP contribution in [-0.4, -0.2) is 22.3 Å². The lowest BCUT2D eigenvalue weighted by molar-refractivity contribution is 0.0968. The lowest BCUT2D eigenvalue weighted by Crippen LogP contribution is -2.15. The highest BCUT2D eigenvalue weighted by Crippen LogP contribution is 2.15. The fraction of sp³-hybridized carbons (Fsp3) is 0.600. The van der Waals surface area contributed by atoms with Gasteiger partial charge in [-0.15, -0.1) is 0 Å². The SMILES string of the molecule is Cc1ncn(CC2CCCO2)c1C#N. The summed E-state index contributed by atoms with van der Waals surface area (Å²) in [7, 11) is 0. The van der Waals surface area contributed by atoms with Crippen LogP contribution in [0.5, 0.6) is 0 Å². The van der Waals surface area contributed by atoms with Crippen molar-refractivity contribution in [3.05, 3.63) is 17.7 Å². The lowest BCUT2D eigenvalue weighted by atomic mass is 10.2. The lowest BCUT2D eigenvalue weighted by Gasteiger charge is -2.10. The number of nitriles is 1. The summed E-state index contributed by atoms with van der Waals surface area (Å²) in [5.41, 5.74) is 1.45. The van der Waals surface area contributed by atoms with Crippen LogP contribution >= 0.6 is 0 Å². The van der Waals surface area contributed by atoms with E-state index in [1.165, 1.54) is 0 Å². The molecule has 0 amide bonds. The minimum Gasteiger partial charge on any atom is -0.376 e. The molecule has 0 radical (unpaired) electrons. The summed E-state index contributed by atoms with van der Waals surface area (Å²) in [6, 6.07) is 2.16. The summed E-state index contributed by atoms with van der Waals surface area (Å²) < 4.78 is 7.39. The molecule has 1 aliphatic heterocycles. The molecule has 4 heteroatoms. The molecule has 2 heterocycles. The summed E-state index contributed by atoms with van der Waals surface area (Å²) in [4.78, 5) is 4.11. The van der Waals surface area contributed by atoms with Gasteiger partial charge in [-0.1, -0.05) is 0 Å². The van der Waals surface area contributed by atoms with Crippen LogP contribution in [-0.2, 0) is 11.3 Å². The van der Waals surface area contributed by atoms with E-state index in [-0.39, 0.29) is 6.10 Å². The van der Waals surface area contributed by atoms with Crippen molar-refractivity contribution in [2.45, 2.75) is 32.4 Å². The molecule has 0 aromatic carbocycles. The third-order valence-electron chi connectivity index (χ3n) is 2.55. The minimum absolute atomic E-state index is 0.260.